The van der Waals surface area contributed by atoms with Crippen LogP contribution in [0, 0.1) is 0 Å². The molecule has 6 N–H and O–H groups in total. The van der Waals surface area contributed by atoms with E-state index in [1.807, 2.05) is 6.07 Å². The maximum absolute atomic E-state index is 11.7. The van der Waals surface area contributed by atoms with Crippen molar-refractivity contribution in [3.05, 3.63) is 64.1 Å². The second-order valence-electron chi connectivity index (χ2n) is 5.11. The maximum atomic E-state index is 11.7. The van der Waals surface area contributed by atoms with Gasteiger partial charge in [0.1, 0.15) is 5.75 Å². The normalized spacial score (nSPS) is 14.2. The van der Waals surface area contributed by atoms with Gasteiger partial charge in [-0.05, 0) is 36.5 Å². The summed E-state index contributed by atoms with van der Waals surface area (Å²) in [4.78, 5) is 26.9. The zero-order chi connectivity index (χ0) is 20.9. The van der Waals surface area contributed by atoms with Gasteiger partial charge in [-0.3, -0.25) is 10.3 Å². The van der Waals surface area contributed by atoms with Gasteiger partial charge in [0.25, 0.3) is 0 Å². The number of benzene rings is 2. The number of phosphoric ester groups is 1. The van der Waals surface area contributed by atoms with Crippen molar-refractivity contribution < 1.29 is 32.6 Å². The van der Waals surface area contributed by atoms with Crippen molar-refractivity contribution in [2.24, 2.45) is 10.8 Å². The standard InChI is InChI=1S/C14H14BrN3O7P2S/c15-11-5-1-3-9(7-11)13(17-18-14(16)28)10-4-2-6-12(8-10)24-27(22,23)25-26(19,20)21/h1-8H,(H,22,23)(H3,16,18,28)(H2,19,20,21)/b17-13-. The van der Waals surface area contributed by atoms with Crippen LogP contribution in [0.15, 0.2) is 58.1 Å². The number of rotatable bonds is 7. The molecule has 0 amide bonds. The molecule has 1 unspecified atom stereocenters. The van der Waals surface area contributed by atoms with E-state index < -0.39 is 15.6 Å². The van der Waals surface area contributed by atoms with Crippen LogP contribution in [0.3, 0.4) is 0 Å². The minimum absolute atomic E-state index is 0.0743. The van der Waals surface area contributed by atoms with Crippen LogP contribution in [-0.4, -0.2) is 25.5 Å². The third kappa shape index (κ3) is 7.42. The minimum Gasteiger partial charge on any atom is -0.404 e. The molecular weight excluding hydrogens is 496 g/mol. The molecule has 2 aromatic carbocycles. The quantitative estimate of drug-likeness (QED) is 0.162. The summed E-state index contributed by atoms with van der Waals surface area (Å²) in [6.07, 6.45) is 0. The van der Waals surface area contributed by atoms with E-state index in [2.05, 4.69) is 30.8 Å². The molecule has 0 saturated carbocycles. The number of thiocarbonyl (C=S) groups is 1. The molecule has 0 spiro atoms. The monoisotopic (exact) mass is 509 g/mol. The van der Waals surface area contributed by atoms with Crippen molar-refractivity contribution in [2.45, 2.75) is 0 Å². The minimum atomic E-state index is -5.24. The molecular formula is C14H14BrN3O7P2S. The van der Waals surface area contributed by atoms with Gasteiger partial charge in [-0.1, -0.05) is 40.2 Å². The average Bonchev–Trinajstić information content (AvgIpc) is 2.52. The molecule has 0 aromatic heterocycles. The molecule has 0 saturated heterocycles. The van der Waals surface area contributed by atoms with Crippen molar-refractivity contribution in [3.63, 3.8) is 0 Å². The predicted octanol–water partition coefficient (Wildman–Crippen LogP) is 2.62. The number of nitrogens with two attached hydrogens (primary N) is 1. The van der Waals surface area contributed by atoms with Crippen LogP contribution >= 0.6 is 43.8 Å². The summed E-state index contributed by atoms with van der Waals surface area (Å²) in [7, 11) is -10.3. The van der Waals surface area contributed by atoms with Gasteiger partial charge in [0, 0.05) is 15.6 Å². The Morgan fingerprint density at radius 1 is 1.11 bits per heavy atom. The molecule has 2 rings (SSSR count). The Hall–Kier alpha value is -1.62. The summed E-state index contributed by atoms with van der Waals surface area (Å²) in [6, 6.07) is 12.8. The molecule has 0 radical (unpaired) electrons. The lowest BCUT2D eigenvalue weighted by atomic mass is 10.0. The number of nitrogens with one attached hydrogen (secondary N) is 1. The fourth-order valence-electron chi connectivity index (χ4n) is 2.03. The molecule has 2 aromatic rings. The Morgan fingerprint density at radius 2 is 1.71 bits per heavy atom. The zero-order valence-electron chi connectivity index (χ0n) is 13.8. The SMILES string of the molecule is NC(=S)N/N=C(/c1cccc(Br)c1)c1cccc(OP(=O)(O)OP(=O)(O)O)c1. The van der Waals surface area contributed by atoms with Crippen LogP contribution in [-0.2, 0) is 13.4 Å². The molecule has 10 nitrogen and oxygen atoms in total. The van der Waals surface area contributed by atoms with Crippen molar-refractivity contribution in [3.8, 4) is 5.75 Å². The molecule has 0 aliphatic heterocycles. The van der Waals surface area contributed by atoms with E-state index in [0.717, 1.165) is 4.47 Å². The average molecular weight is 510 g/mol. The fraction of sp³-hybridized carbons (Fsp3) is 0. The first-order valence-electron chi connectivity index (χ1n) is 7.24. The molecule has 0 aliphatic rings. The van der Waals surface area contributed by atoms with Crippen molar-refractivity contribution in [2.75, 3.05) is 0 Å². The van der Waals surface area contributed by atoms with Crippen molar-refractivity contribution in [1.82, 2.24) is 5.43 Å². The van der Waals surface area contributed by atoms with Crippen LogP contribution in [0.5, 0.6) is 5.75 Å². The first kappa shape index (κ1) is 22.7. The number of hydrogen-bond acceptors (Lipinski definition) is 6. The maximum Gasteiger partial charge on any atom is 0.536 e. The van der Waals surface area contributed by atoms with Gasteiger partial charge in [-0.15, -0.1) is 0 Å². The Kier molecular flexibility index (Phi) is 7.49. The van der Waals surface area contributed by atoms with Gasteiger partial charge in [-0.25, -0.2) is 9.13 Å². The molecule has 150 valence electrons. The van der Waals surface area contributed by atoms with E-state index in [-0.39, 0.29) is 10.9 Å². The van der Waals surface area contributed by atoms with Gasteiger partial charge >= 0.3 is 15.6 Å². The number of halogens is 1. The van der Waals surface area contributed by atoms with Gasteiger partial charge in [0.15, 0.2) is 5.11 Å². The number of phosphoric acid groups is 2. The Labute approximate surface area is 173 Å². The molecule has 1 atom stereocenters. The first-order chi connectivity index (χ1) is 13.0. The topological polar surface area (TPSA) is 164 Å². The fourth-order valence-corrected chi connectivity index (χ4v) is 4.06. The Balaban J connectivity index is 2.41. The second kappa shape index (κ2) is 9.25. The predicted molar refractivity (Wildman–Crippen MR) is 110 cm³/mol. The van der Waals surface area contributed by atoms with Crippen molar-refractivity contribution in [1.29, 1.82) is 0 Å². The Morgan fingerprint density at radius 3 is 2.29 bits per heavy atom. The highest BCUT2D eigenvalue weighted by atomic mass is 79.9. The largest absolute Gasteiger partial charge is 0.536 e. The van der Waals surface area contributed by atoms with Gasteiger partial charge in [0.2, 0.25) is 0 Å². The first-order valence-corrected chi connectivity index (χ1v) is 11.5. The Bertz CT molecular complexity index is 1010. The lowest BCUT2D eigenvalue weighted by molar-refractivity contribution is 0.229. The third-order valence-electron chi connectivity index (χ3n) is 2.91. The summed E-state index contributed by atoms with van der Waals surface area (Å²) >= 11 is 8.11. The van der Waals surface area contributed by atoms with E-state index in [9.17, 15) is 14.0 Å². The molecule has 14 heteroatoms. The van der Waals surface area contributed by atoms with Crippen LogP contribution in [0.25, 0.3) is 0 Å². The van der Waals surface area contributed by atoms with E-state index >= 15 is 0 Å². The molecule has 0 fully saturated rings. The van der Waals surface area contributed by atoms with E-state index in [1.54, 1.807) is 24.3 Å². The highest BCUT2D eigenvalue weighted by Crippen LogP contribution is 2.57. The van der Waals surface area contributed by atoms with E-state index in [4.69, 9.17) is 32.3 Å². The zero-order valence-corrected chi connectivity index (χ0v) is 18.0. The van der Waals surface area contributed by atoms with Crippen molar-refractivity contribution >= 4 is 54.6 Å². The number of nitrogens with zero attached hydrogens (tertiary/aromatic N) is 1. The highest BCUT2D eigenvalue weighted by molar-refractivity contribution is 9.10. The summed E-state index contributed by atoms with van der Waals surface area (Å²) in [5, 5.41) is 4.06. The van der Waals surface area contributed by atoms with Gasteiger partial charge in [0.05, 0.1) is 5.71 Å². The lowest BCUT2D eigenvalue weighted by Crippen LogP contribution is -2.26. The molecule has 28 heavy (non-hydrogen) atoms. The summed E-state index contributed by atoms with van der Waals surface area (Å²) < 4.78 is 31.8. The highest BCUT2D eigenvalue weighted by Gasteiger charge is 2.33. The van der Waals surface area contributed by atoms with Crippen LogP contribution in [0.2, 0.25) is 0 Å². The summed E-state index contributed by atoms with van der Waals surface area (Å²) in [5.41, 5.74) is 9.33. The van der Waals surface area contributed by atoms with Gasteiger partial charge in [-0.2, -0.15) is 9.41 Å². The lowest BCUT2D eigenvalue weighted by Gasteiger charge is -2.14. The van der Waals surface area contributed by atoms with E-state index in [0.29, 0.717) is 16.8 Å². The summed E-state index contributed by atoms with van der Waals surface area (Å²) in [5.74, 6) is -0.185. The molecule has 0 heterocycles. The number of hydrazone groups is 1. The molecule has 0 bridgehead atoms. The van der Waals surface area contributed by atoms with Gasteiger partial charge < -0.3 is 20.0 Å². The van der Waals surface area contributed by atoms with E-state index in [1.165, 1.54) is 18.2 Å². The third-order valence-corrected chi connectivity index (χ3v) is 5.62. The molecule has 0 aliphatic carbocycles. The summed E-state index contributed by atoms with van der Waals surface area (Å²) in [6.45, 7) is 0. The van der Waals surface area contributed by atoms with Crippen LogP contribution in [0.1, 0.15) is 11.1 Å². The van der Waals surface area contributed by atoms with Crippen LogP contribution < -0.4 is 15.7 Å². The van der Waals surface area contributed by atoms with Crippen LogP contribution in [0.4, 0.5) is 0 Å². The number of hydrogen-bond donors (Lipinski definition) is 5. The smallest absolute Gasteiger partial charge is 0.404 e. The second-order valence-corrected chi connectivity index (χ2v) is 9.22.